The molecule has 0 bridgehead atoms. The second-order valence-electron chi connectivity index (χ2n) is 9.15. The first-order valence-electron chi connectivity index (χ1n) is 11.4. The van der Waals surface area contributed by atoms with Gasteiger partial charge in [0.1, 0.15) is 11.6 Å². The number of aliphatic hydroxyl groups is 1. The molecule has 2 aliphatic rings. The molecular weight excluding hydrogens is 549 g/mol. The van der Waals surface area contributed by atoms with Crippen molar-refractivity contribution >= 4 is 34.9 Å². The Morgan fingerprint density at radius 3 is 2.56 bits per heavy atom. The zero-order chi connectivity index (χ0) is 28.3. The number of fused-ring (bicyclic) bond motifs is 2. The SMILES string of the molecule is COCc1cc(NC(=O)N2C[C@](O)(C(F)(F)F)c3cc(F)ccc32)c2c(c1)C(=O)N[C@H]2c1cc(F)ccc1Cl. The summed E-state index contributed by atoms with van der Waals surface area (Å²) in [7, 11) is 1.40. The Kier molecular flexibility index (Phi) is 6.52. The number of amides is 3. The summed E-state index contributed by atoms with van der Waals surface area (Å²) >= 11 is 6.28. The van der Waals surface area contributed by atoms with E-state index in [1.807, 2.05) is 0 Å². The number of anilines is 2. The van der Waals surface area contributed by atoms with Gasteiger partial charge < -0.3 is 20.5 Å². The Bertz CT molecular complexity index is 1520. The Hall–Kier alpha value is -3.74. The van der Waals surface area contributed by atoms with E-state index in [9.17, 15) is 36.6 Å². The Morgan fingerprint density at radius 1 is 1.18 bits per heavy atom. The minimum absolute atomic E-state index is 0.0133. The maximum absolute atomic E-state index is 14.1. The molecule has 0 fully saturated rings. The van der Waals surface area contributed by atoms with E-state index in [4.69, 9.17) is 16.3 Å². The van der Waals surface area contributed by atoms with Crippen LogP contribution in [0.1, 0.15) is 38.7 Å². The molecule has 3 aromatic rings. The van der Waals surface area contributed by atoms with Crippen LogP contribution in [0.2, 0.25) is 5.02 Å². The second kappa shape index (κ2) is 9.47. The van der Waals surface area contributed by atoms with E-state index < -0.39 is 53.5 Å². The molecule has 39 heavy (non-hydrogen) atoms. The topological polar surface area (TPSA) is 90.9 Å². The maximum atomic E-state index is 14.1. The van der Waals surface area contributed by atoms with Gasteiger partial charge in [0.05, 0.1) is 24.9 Å². The number of ether oxygens (including phenoxy) is 1. The van der Waals surface area contributed by atoms with Crippen molar-refractivity contribution in [1.29, 1.82) is 0 Å². The minimum Gasteiger partial charge on any atom is -0.380 e. The third-order valence-electron chi connectivity index (χ3n) is 6.67. The lowest BCUT2D eigenvalue weighted by atomic mass is 9.94. The number of benzene rings is 3. The van der Waals surface area contributed by atoms with E-state index in [0.29, 0.717) is 16.5 Å². The fraction of sp³-hybridized carbons (Fsp3) is 0.231. The highest BCUT2D eigenvalue weighted by molar-refractivity contribution is 6.31. The summed E-state index contributed by atoms with van der Waals surface area (Å²) in [6, 6.07) is 6.76. The zero-order valence-corrected chi connectivity index (χ0v) is 20.8. The predicted octanol–water partition coefficient (Wildman–Crippen LogP) is 5.40. The molecule has 3 amide bonds. The highest BCUT2D eigenvalue weighted by atomic mass is 35.5. The Labute approximate surface area is 223 Å². The van der Waals surface area contributed by atoms with E-state index in [1.54, 1.807) is 0 Å². The first-order chi connectivity index (χ1) is 18.3. The number of urea groups is 1. The fourth-order valence-electron chi connectivity index (χ4n) is 4.90. The lowest BCUT2D eigenvalue weighted by molar-refractivity contribution is -0.258. The highest BCUT2D eigenvalue weighted by Crippen LogP contribution is 2.49. The van der Waals surface area contributed by atoms with Crippen LogP contribution in [0.25, 0.3) is 0 Å². The van der Waals surface area contributed by atoms with Crippen LogP contribution in [0.15, 0.2) is 48.5 Å². The molecule has 7 nitrogen and oxygen atoms in total. The molecule has 0 spiro atoms. The third kappa shape index (κ3) is 4.48. The molecular formula is C26H19ClF5N3O4. The van der Waals surface area contributed by atoms with Crippen LogP contribution in [0.3, 0.4) is 0 Å². The number of nitrogens with zero attached hydrogens (tertiary/aromatic N) is 1. The lowest BCUT2D eigenvalue weighted by Gasteiger charge is -2.27. The lowest BCUT2D eigenvalue weighted by Crippen LogP contribution is -2.48. The largest absolute Gasteiger partial charge is 0.423 e. The molecule has 5 rings (SSSR count). The Morgan fingerprint density at radius 2 is 1.87 bits per heavy atom. The van der Waals surface area contributed by atoms with Gasteiger partial charge in [-0.25, -0.2) is 13.6 Å². The molecule has 0 radical (unpaired) electrons. The van der Waals surface area contributed by atoms with Crippen molar-refractivity contribution in [2.75, 3.05) is 23.9 Å². The molecule has 2 aliphatic heterocycles. The standard InChI is InChI=1S/C26H19ClF5N3O4/c1-39-10-12-6-16-21(22(34-23(16)36)15-8-13(28)2-4-18(15)27)19(7-12)33-24(37)35-11-25(38,26(30,31)32)17-9-14(29)3-5-20(17)35/h2-9,22,38H,10-11H2,1H3,(H,33,37)(H,34,36)/t22-,25+/m0/s1. The molecule has 0 aliphatic carbocycles. The summed E-state index contributed by atoms with van der Waals surface area (Å²) in [5.74, 6) is -2.22. The van der Waals surface area contributed by atoms with Crippen LogP contribution in [0.4, 0.5) is 38.1 Å². The first-order valence-corrected chi connectivity index (χ1v) is 11.8. The first kappa shape index (κ1) is 26.9. The van der Waals surface area contributed by atoms with Crippen LogP contribution >= 0.6 is 11.6 Å². The van der Waals surface area contributed by atoms with Crippen molar-refractivity contribution < 1.29 is 41.4 Å². The summed E-state index contributed by atoms with van der Waals surface area (Å²) in [6.07, 6.45) is -5.22. The van der Waals surface area contributed by atoms with Gasteiger partial charge in [-0.15, -0.1) is 0 Å². The molecule has 204 valence electrons. The van der Waals surface area contributed by atoms with E-state index in [0.717, 1.165) is 24.3 Å². The normalized spacial score (nSPS) is 20.1. The van der Waals surface area contributed by atoms with Crippen molar-refractivity contribution in [3.05, 3.63) is 93.0 Å². The average Bonchev–Trinajstić information content (AvgIpc) is 3.36. The van der Waals surface area contributed by atoms with Crippen LogP contribution in [0.5, 0.6) is 0 Å². The van der Waals surface area contributed by atoms with Crippen LogP contribution in [0, 0.1) is 11.6 Å². The number of hydrogen-bond donors (Lipinski definition) is 3. The Balaban J connectivity index is 1.59. The van der Waals surface area contributed by atoms with Crippen molar-refractivity contribution in [1.82, 2.24) is 5.32 Å². The van der Waals surface area contributed by atoms with Crippen molar-refractivity contribution in [2.24, 2.45) is 0 Å². The number of carbonyl (C=O) groups excluding carboxylic acids is 2. The highest BCUT2D eigenvalue weighted by Gasteiger charge is 2.61. The fourth-order valence-corrected chi connectivity index (χ4v) is 5.12. The number of carbonyl (C=O) groups is 2. The van der Waals surface area contributed by atoms with Gasteiger partial charge in [-0.2, -0.15) is 13.2 Å². The number of halogens is 6. The van der Waals surface area contributed by atoms with Crippen molar-refractivity contribution in [3.8, 4) is 0 Å². The van der Waals surface area contributed by atoms with Gasteiger partial charge in [-0.3, -0.25) is 9.69 Å². The number of hydrogen-bond acceptors (Lipinski definition) is 4. The molecule has 3 aromatic carbocycles. The van der Waals surface area contributed by atoms with Gasteiger partial charge >= 0.3 is 12.2 Å². The van der Waals surface area contributed by atoms with Crippen molar-refractivity contribution in [2.45, 2.75) is 24.4 Å². The van der Waals surface area contributed by atoms with E-state index in [1.165, 1.54) is 25.3 Å². The summed E-state index contributed by atoms with van der Waals surface area (Å²) in [5.41, 5.74) is -3.72. The molecule has 0 unspecified atom stereocenters. The summed E-state index contributed by atoms with van der Waals surface area (Å²) in [4.78, 5) is 26.9. The maximum Gasteiger partial charge on any atom is 0.423 e. The molecule has 3 N–H and O–H groups in total. The summed E-state index contributed by atoms with van der Waals surface area (Å²) in [5, 5.41) is 15.8. The quantitative estimate of drug-likeness (QED) is 0.368. The number of alkyl halides is 3. The molecule has 0 saturated carbocycles. The number of rotatable bonds is 4. The zero-order valence-electron chi connectivity index (χ0n) is 20.0. The molecule has 0 saturated heterocycles. The minimum atomic E-state index is -5.22. The van der Waals surface area contributed by atoms with Gasteiger partial charge in [0.2, 0.25) is 5.60 Å². The number of β-amino-alcohol motifs (C(OH)–C–C–N with tert-alkyl or cyclic N) is 1. The molecule has 2 heterocycles. The van der Waals surface area contributed by atoms with Gasteiger partial charge in [0, 0.05) is 40.1 Å². The molecule has 13 heteroatoms. The monoisotopic (exact) mass is 567 g/mol. The predicted molar refractivity (Wildman–Crippen MR) is 131 cm³/mol. The van der Waals surface area contributed by atoms with Gasteiger partial charge in [0.25, 0.3) is 5.91 Å². The average molecular weight is 568 g/mol. The van der Waals surface area contributed by atoms with Gasteiger partial charge in [-0.1, -0.05) is 11.6 Å². The summed E-state index contributed by atoms with van der Waals surface area (Å²) < 4.78 is 74.6. The summed E-state index contributed by atoms with van der Waals surface area (Å²) in [6.45, 7) is -1.22. The van der Waals surface area contributed by atoms with Crippen molar-refractivity contribution in [3.63, 3.8) is 0 Å². The van der Waals surface area contributed by atoms with E-state index in [-0.39, 0.29) is 39.7 Å². The van der Waals surface area contributed by atoms with Gasteiger partial charge in [0.15, 0.2) is 0 Å². The molecule has 0 aromatic heterocycles. The van der Waals surface area contributed by atoms with E-state index in [2.05, 4.69) is 10.6 Å². The second-order valence-corrected chi connectivity index (χ2v) is 9.55. The number of nitrogens with one attached hydrogen (secondary N) is 2. The van der Waals surface area contributed by atoms with E-state index >= 15 is 0 Å². The van der Waals surface area contributed by atoms with Crippen LogP contribution in [-0.2, 0) is 16.9 Å². The van der Waals surface area contributed by atoms with Gasteiger partial charge in [-0.05, 0) is 54.1 Å². The smallest absolute Gasteiger partial charge is 0.380 e. The van der Waals surface area contributed by atoms with Crippen LogP contribution < -0.4 is 15.5 Å². The number of methoxy groups -OCH3 is 1. The third-order valence-corrected chi connectivity index (χ3v) is 7.01. The van der Waals surface area contributed by atoms with Crippen LogP contribution in [-0.4, -0.2) is 36.9 Å². The molecule has 2 atom stereocenters.